The quantitative estimate of drug-likeness (QED) is 0.308. The Morgan fingerprint density at radius 2 is 1.93 bits per heavy atom. The molecule has 1 amide bonds. The Morgan fingerprint density at radius 1 is 1.24 bits per heavy atom. The fourth-order valence-corrected chi connectivity index (χ4v) is 2.49. The lowest BCUT2D eigenvalue weighted by atomic mass is 10.1. The number of anilines is 1. The fourth-order valence-electron chi connectivity index (χ4n) is 2.21. The number of nitrogens with zero attached hydrogens (tertiary/aromatic N) is 1. The van der Waals surface area contributed by atoms with Crippen LogP contribution in [0.2, 0.25) is 5.02 Å². The van der Waals surface area contributed by atoms with Crippen molar-refractivity contribution in [3.05, 3.63) is 52.6 Å². The number of nitrogens with one attached hydrogen (secondary N) is 1. The van der Waals surface area contributed by atoms with Crippen LogP contribution in [-0.4, -0.2) is 37.8 Å². The predicted octanol–water partition coefficient (Wildman–Crippen LogP) is 3.15. The average molecular weight is 417 g/mol. The number of benzene rings is 2. The van der Waals surface area contributed by atoms with Gasteiger partial charge in [0, 0.05) is 5.69 Å². The van der Waals surface area contributed by atoms with Gasteiger partial charge in [0.25, 0.3) is 5.91 Å². The summed E-state index contributed by atoms with van der Waals surface area (Å²) >= 11 is 6.20. The molecule has 0 aliphatic rings. The molecule has 8 nitrogen and oxygen atoms in total. The number of hydrogen-bond acceptors (Lipinski definition) is 7. The molecule has 0 bridgehead atoms. The number of phenolic OH excluding ortho intramolecular Hbond substituents is 1. The first kappa shape index (κ1) is 21.6. The zero-order valence-electron chi connectivity index (χ0n) is 15.6. The number of ether oxygens (including phenoxy) is 3. The van der Waals surface area contributed by atoms with Crippen LogP contribution in [-0.2, 0) is 14.3 Å². The second-order valence-electron chi connectivity index (χ2n) is 5.57. The third-order valence-corrected chi connectivity index (χ3v) is 3.90. The maximum atomic E-state index is 12.3. The van der Waals surface area contributed by atoms with Crippen LogP contribution >= 0.6 is 11.6 Å². The molecular weight excluding hydrogens is 400 g/mol. The molecule has 0 atom stereocenters. The maximum absolute atomic E-state index is 12.3. The SMILES string of the molecule is COC(=O)COc1c(Cl)cc(/C=C(\C#N)C(=O)Nc2ccc(O)cc2)cc1OC. The number of carbonyl (C=O) groups excluding carboxylic acids is 2. The zero-order chi connectivity index (χ0) is 21.4. The Labute approximate surface area is 171 Å². The summed E-state index contributed by atoms with van der Waals surface area (Å²) < 4.78 is 15.0. The minimum atomic E-state index is -0.640. The smallest absolute Gasteiger partial charge is 0.343 e. The highest BCUT2D eigenvalue weighted by Crippen LogP contribution is 2.37. The van der Waals surface area contributed by atoms with Crippen molar-refractivity contribution in [2.45, 2.75) is 0 Å². The number of esters is 1. The van der Waals surface area contributed by atoms with Crippen LogP contribution < -0.4 is 14.8 Å². The summed E-state index contributed by atoms with van der Waals surface area (Å²) in [6.07, 6.45) is 1.33. The van der Waals surface area contributed by atoms with E-state index in [1.165, 1.54) is 56.7 Å². The number of amides is 1. The topological polar surface area (TPSA) is 118 Å². The van der Waals surface area contributed by atoms with Gasteiger partial charge >= 0.3 is 5.97 Å². The molecule has 0 aliphatic carbocycles. The Kier molecular flexibility index (Phi) is 7.46. The van der Waals surface area contributed by atoms with Crippen LogP contribution in [0.1, 0.15) is 5.56 Å². The van der Waals surface area contributed by atoms with Crippen molar-refractivity contribution >= 4 is 35.2 Å². The summed E-state index contributed by atoms with van der Waals surface area (Å²) in [4.78, 5) is 23.6. The normalized spacial score (nSPS) is 10.6. The van der Waals surface area contributed by atoms with E-state index < -0.39 is 11.9 Å². The second-order valence-corrected chi connectivity index (χ2v) is 5.98. The lowest BCUT2D eigenvalue weighted by Crippen LogP contribution is -2.13. The average Bonchev–Trinajstić information content (AvgIpc) is 2.72. The summed E-state index contributed by atoms with van der Waals surface area (Å²) in [6.45, 7) is -0.361. The zero-order valence-corrected chi connectivity index (χ0v) is 16.3. The van der Waals surface area contributed by atoms with Crippen LogP contribution in [0.5, 0.6) is 17.2 Å². The van der Waals surface area contributed by atoms with E-state index in [1.54, 1.807) is 0 Å². The molecule has 0 heterocycles. The van der Waals surface area contributed by atoms with Crippen molar-refractivity contribution in [1.82, 2.24) is 0 Å². The number of hydrogen-bond donors (Lipinski definition) is 2. The van der Waals surface area contributed by atoms with Gasteiger partial charge in [-0.25, -0.2) is 4.79 Å². The van der Waals surface area contributed by atoms with Crippen molar-refractivity contribution in [2.24, 2.45) is 0 Å². The van der Waals surface area contributed by atoms with Gasteiger partial charge in [-0.05, 0) is 48.0 Å². The third kappa shape index (κ3) is 5.89. The number of carbonyl (C=O) groups is 2. The molecule has 0 radical (unpaired) electrons. The van der Waals surface area contributed by atoms with Crippen molar-refractivity contribution in [3.63, 3.8) is 0 Å². The summed E-state index contributed by atoms with van der Waals surface area (Å²) in [6, 6.07) is 10.6. The molecule has 0 saturated carbocycles. The Balaban J connectivity index is 2.26. The molecule has 2 rings (SSSR count). The molecule has 2 N–H and O–H groups in total. The number of halogens is 1. The first-order valence-corrected chi connectivity index (χ1v) is 8.55. The largest absolute Gasteiger partial charge is 0.508 e. The number of rotatable bonds is 7. The van der Waals surface area contributed by atoms with E-state index in [0.717, 1.165) is 0 Å². The van der Waals surface area contributed by atoms with Gasteiger partial charge in [0.1, 0.15) is 17.4 Å². The monoisotopic (exact) mass is 416 g/mol. The van der Waals surface area contributed by atoms with Gasteiger partial charge in [-0.2, -0.15) is 5.26 Å². The predicted molar refractivity (Wildman–Crippen MR) is 106 cm³/mol. The molecule has 0 aromatic heterocycles. The molecule has 0 aliphatic heterocycles. The van der Waals surface area contributed by atoms with Gasteiger partial charge in [0.2, 0.25) is 0 Å². The Morgan fingerprint density at radius 3 is 2.52 bits per heavy atom. The molecule has 0 saturated heterocycles. The van der Waals surface area contributed by atoms with Crippen molar-refractivity contribution < 1.29 is 28.9 Å². The van der Waals surface area contributed by atoms with Gasteiger partial charge in [-0.15, -0.1) is 0 Å². The Hall–Kier alpha value is -3.70. The number of methoxy groups -OCH3 is 2. The van der Waals surface area contributed by atoms with Crippen LogP contribution in [0.4, 0.5) is 5.69 Å². The van der Waals surface area contributed by atoms with Crippen molar-refractivity contribution in [2.75, 3.05) is 26.1 Å². The van der Waals surface area contributed by atoms with Gasteiger partial charge in [0.15, 0.2) is 18.1 Å². The minimum absolute atomic E-state index is 0.0512. The highest BCUT2D eigenvalue weighted by Gasteiger charge is 2.15. The molecule has 0 spiro atoms. The molecule has 9 heteroatoms. The lowest BCUT2D eigenvalue weighted by Gasteiger charge is -2.12. The highest BCUT2D eigenvalue weighted by atomic mass is 35.5. The van der Waals surface area contributed by atoms with E-state index in [1.807, 2.05) is 6.07 Å². The van der Waals surface area contributed by atoms with Gasteiger partial charge < -0.3 is 24.6 Å². The van der Waals surface area contributed by atoms with Crippen LogP contribution in [0, 0.1) is 11.3 Å². The van der Waals surface area contributed by atoms with Crippen molar-refractivity contribution in [3.8, 4) is 23.3 Å². The summed E-state index contributed by atoms with van der Waals surface area (Å²) in [5.74, 6) is -0.841. The standard InChI is InChI=1S/C20H17ClN2O6/c1-27-17-9-12(8-16(21)19(17)29-11-18(25)28-2)7-13(10-22)20(26)23-14-3-5-15(24)6-4-14/h3-9,24H,11H2,1-2H3,(H,23,26)/b13-7+. The van der Waals surface area contributed by atoms with E-state index >= 15 is 0 Å². The molecular formula is C20H17ClN2O6. The molecule has 2 aromatic carbocycles. The van der Waals surface area contributed by atoms with Gasteiger partial charge in [-0.3, -0.25) is 4.79 Å². The van der Waals surface area contributed by atoms with E-state index in [9.17, 15) is 20.0 Å². The van der Waals surface area contributed by atoms with Gasteiger partial charge in [-0.1, -0.05) is 11.6 Å². The van der Waals surface area contributed by atoms with Crippen LogP contribution in [0.25, 0.3) is 6.08 Å². The van der Waals surface area contributed by atoms with E-state index in [0.29, 0.717) is 11.3 Å². The number of nitriles is 1. The molecule has 29 heavy (non-hydrogen) atoms. The van der Waals surface area contributed by atoms with Crippen LogP contribution in [0.15, 0.2) is 42.0 Å². The Bertz CT molecular complexity index is 980. The first-order valence-electron chi connectivity index (χ1n) is 8.17. The van der Waals surface area contributed by atoms with Crippen LogP contribution in [0.3, 0.4) is 0 Å². The minimum Gasteiger partial charge on any atom is -0.508 e. The second kappa shape index (κ2) is 10.0. The lowest BCUT2D eigenvalue weighted by molar-refractivity contribution is -0.142. The summed E-state index contributed by atoms with van der Waals surface area (Å²) in [7, 11) is 2.61. The van der Waals surface area contributed by atoms with E-state index in [4.69, 9.17) is 21.1 Å². The molecule has 0 unspecified atom stereocenters. The molecule has 150 valence electrons. The number of phenols is 1. The summed E-state index contributed by atoms with van der Waals surface area (Å²) in [5.41, 5.74) is 0.644. The molecule has 2 aromatic rings. The summed E-state index contributed by atoms with van der Waals surface area (Å²) in [5, 5.41) is 21.3. The van der Waals surface area contributed by atoms with Gasteiger partial charge in [0.05, 0.1) is 19.2 Å². The molecule has 0 fully saturated rings. The maximum Gasteiger partial charge on any atom is 0.343 e. The number of aromatic hydroxyl groups is 1. The van der Waals surface area contributed by atoms with Crippen molar-refractivity contribution in [1.29, 1.82) is 5.26 Å². The third-order valence-electron chi connectivity index (χ3n) is 3.62. The highest BCUT2D eigenvalue weighted by molar-refractivity contribution is 6.32. The van der Waals surface area contributed by atoms with E-state index in [-0.39, 0.29) is 34.5 Å². The first-order chi connectivity index (χ1) is 13.9. The fraction of sp³-hybridized carbons (Fsp3) is 0.150. The van der Waals surface area contributed by atoms with E-state index in [2.05, 4.69) is 10.1 Å².